The van der Waals surface area contributed by atoms with E-state index in [0.29, 0.717) is 42.9 Å². The van der Waals surface area contributed by atoms with Gasteiger partial charge in [0.25, 0.3) is 5.56 Å². The maximum absolute atomic E-state index is 12.8. The van der Waals surface area contributed by atoms with Gasteiger partial charge in [0.15, 0.2) is 0 Å². The highest BCUT2D eigenvalue weighted by molar-refractivity contribution is 7.19. The highest BCUT2D eigenvalue weighted by Crippen LogP contribution is 2.27. The Labute approximate surface area is 185 Å². The lowest BCUT2D eigenvalue weighted by Crippen LogP contribution is -2.51. The van der Waals surface area contributed by atoms with Crippen molar-refractivity contribution in [3.8, 4) is 10.6 Å². The van der Waals surface area contributed by atoms with Gasteiger partial charge in [-0.3, -0.25) is 9.59 Å². The number of hydrogen-bond donors (Lipinski definition) is 0. The Bertz CT molecular complexity index is 1160. The van der Waals surface area contributed by atoms with E-state index in [-0.39, 0.29) is 11.5 Å². The number of aromatic nitrogens is 3. The average molecular weight is 438 g/mol. The van der Waals surface area contributed by atoms with Crippen LogP contribution in [-0.2, 0) is 4.79 Å². The third-order valence-corrected chi connectivity index (χ3v) is 7.32. The van der Waals surface area contributed by atoms with Crippen molar-refractivity contribution in [3.63, 3.8) is 0 Å². The molecular formula is C23H27N5O2S. The van der Waals surface area contributed by atoms with Gasteiger partial charge in [-0.2, -0.15) is 9.61 Å². The van der Waals surface area contributed by atoms with E-state index in [9.17, 15) is 9.59 Å². The molecule has 1 aliphatic carbocycles. The minimum atomic E-state index is -0.170. The monoisotopic (exact) mass is 437 g/mol. The van der Waals surface area contributed by atoms with Crippen LogP contribution in [-0.4, -0.2) is 51.6 Å². The van der Waals surface area contributed by atoms with Gasteiger partial charge in [-0.05, 0) is 25.8 Å². The zero-order chi connectivity index (χ0) is 21.4. The summed E-state index contributed by atoms with van der Waals surface area (Å²) in [5.74, 6) is 1.19. The van der Waals surface area contributed by atoms with E-state index in [1.807, 2.05) is 30.0 Å². The molecule has 7 nitrogen and oxygen atoms in total. The second kappa shape index (κ2) is 8.42. The summed E-state index contributed by atoms with van der Waals surface area (Å²) in [7, 11) is 0. The number of rotatable bonds is 3. The molecule has 1 aromatic carbocycles. The predicted octanol–water partition coefficient (Wildman–Crippen LogP) is 3.36. The molecule has 2 aromatic heterocycles. The van der Waals surface area contributed by atoms with Crippen LogP contribution in [0.1, 0.15) is 37.7 Å². The summed E-state index contributed by atoms with van der Waals surface area (Å²) in [6.07, 6.45) is 5.66. The summed E-state index contributed by atoms with van der Waals surface area (Å²) in [4.78, 5) is 35.0. The van der Waals surface area contributed by atoms with E-state index in [1.165, 1.54) is 35.1 Å². The van der Waals surface area contributed by atoms with Gasteiger partial charge in [-0.1, -0.05) is 54.4 Å². The molecule has 1 aliphatic heterocycles. The van der Waals surface area contributed by atoms with Crippen LogP contribution >= 0.6 is 11.3 Å². The third kappa shape index (κ3) is 4.08. The average Bonchev–Trinajstić information content (AvgIpc) is 3.24. The molecule has 1 saturated carbocycles. The fraction of sp³-hybridized carbons (Fsp3) is 0.478. The molecule has 3 aromatic rings. The molecule has 0 atom stereocenters. The van der Waals surface area contributed by atoms with Gasteiger partial charge in [0, 0.05) is 43.7 Å². The fourth-order valence-electron chi connectivity index (χ4n) is 4.62. The highest BCUT2D eigenvalue weighted by atomic mass is 32.1. The zero-order valence-corrected chi connectivity index (χ0v) is 18.6. The molecule has 1 amide bonds. The van der Waals surface area contributed by atoms with Crippen LogP contribution in [0.3, 0.4) is 0 Å². The minimum Gasteiger partial charge on any atom is -0.353 e. The van der Waals surface area contributed by atoms with E-state index in [1.54, 1.807) is 6.07 Å². The quantitative estimate of drug-likeness (QED) is 0.628. The molecule has 0 bridgehead atoms. The molecule has 0 spiro atoms. The number of piperazine rings is 1. The molecule has 0 N–H and O–H groups in total. The SMILES string of the molecule is Cc1cccc(-c2nn3c(=O)cc(N4CCN(C(=O)C5CCCCC5)CC4)nc3s2)c1. The standard InChI is InChI=1S/C23H27N5O2S/c1-16-6-5-9-18(14-16)21-25-28-20(29)15-19(24-23(28)31-21)26-10-12-27(13-11-26)22(30)17-7-3-2-4-8-17/h5-6,9,14-15,17H,2-4,7-8,10-13H2,1H3. The first kappa shape index (κ1) is 20.2. The van der Waals surface area contributed by atoms with Crippen LogP contribution in [0.15, 0.2) is 35.1 Å². The summed E-state index contributed by atoms with van der Waals surface area (Å²) >= 11 is 1.43. The van der Waals surface area contributed by atoms with Crippen molar-refractivity contribution in [2.75, 3.05) is 31.1 Å². The number of amides is 1. The van der Waals surface area contributed by atoms with Crippen molar-refractivity contribution < 1.29 is 4.79 Å². The molecule has 0 radical (unpaired) electrons. The van der Waals surface area contributed by atoms with Gasteiger partial charge in [0.05, 0.1) is 0 Å². The Morgan fingerprint density at radius 1 is 1.06 bits per heavy atom. The second-order valence-corrected chi connectivity index (χ2v) is 9.53. The number of carbonyl (C=O) groups is 1. The molecule has 1 saturated heterocycles. The summed E-state index contributed by atoms with van der Waals surface area (Å²) < 4.78 is 1.38. The van der Waals surface area contributed by atoms with Gasteiger partial charge < -0.3 is 9.80 Å². The van der Waals surface area contributed by atoms with Gasteiger partial charge >= 0.3 is 0 Å². The fourth-order valence-corrected chi connectivity index (χ4v) is 5.52. The van der Waals surface area contributed by atoms with Crippen LogP contribution in [0.4, 0.5) is 5.82 Å². The molecule has 162 valence electrons. The van der Waals surface area contributed by atoms with Crippen LogP contribution in [0, 0.1) is 12.8 Å². The van der Waals surface area contributed by atoms with Crippen molar-refractivity contribution >= 4 is 28.0 Å². The lowest BCUT2D eigenvalue weighted by atomic mass is 9.88. The summed E-state index contributed by atoms with van der Waals surface area (Å²) in [6, 6.07) is 9.65. The van der Waals surface area contributed by atoms with E-state index >= 15 is 0 Å². The van der Waals surface area contributed by atoms with E-state index in [4.69, 9.17) is 4.98 Å². The highest BCUT2D eigenvalue weighted by Gasteiger charge is 2.29. The molecule has 3 heterocycles. The van der Waals surface area contributed by atoms with Crippen molar-refractivity contribution in [2.24, 2.45) is 5.92 Å². The molecule has 31 heavy (non-hydrogen) atoms. The number of aryl methyl sites for hydroxylation is 1. The third-order valence-electron chi connectivity index (χ3n) is 6.37. The van der Waals surface area contributed by atoms with E-state index in [0.717, 1.165) is 29.0 Å². The minimum absolute atomic E-state index is 0.170. The van der Waals surface area contributed by atoms with E-state index < -0.39 is 0 Å². The number of nitrogens with zero attached hydrogens (tertiary/aromatic N) is 5. The Kier molecular flexibility index (Phi) is 5.48. The number of hydrogen-bond acceptors (Lipinski definition) is 6. The van der Waals surface area contributed by atoms with Gasteiger partial charge in [0.2, 0.25) is 10.9 Å². The molecule has 5 rings (SSSR count). The molecule has 8 heteroatoms. The second-order valence-electron chi connectivity index (χ2n) is 8.57. The maximum atomic E-state index is 12.8. The maximum Gasteiger partial charge on any atom is 0.277 e. The van der Waals surface area contributed by atoms with Gasteiger partial charge in [0.1, 0.15) is 10.8 Å². The first-order valence-corrected chi connectivity index (χ1v) is 11.9. The van der Waals surface area contributed by atoms with Crippen molar-refractivity contribution in [1.29, 1.82) is 0 Å². The number of benzene rings is 1. The Balaban J connectivity index is 1.33. The summed E-state index contributed by atoms with van der Waals surface area (Å²) in [6.45, 7) is 4.81. The molecular weight excluding hydrogens is 410 g/mol. The Morgan fingerprint density at radius 2 is 1.84 bits per heavy atom. The van der Waals surface area contributed by atoms with Crippen molar-refractivity contribution in [2.45, 2.75) is 39.0 Å². The van der Waals surface area contributed by atoms with Gasteiger partial charge in [-0.15, -0.1) is 0 Å². The van der Waals surface area contributed by atoms with Crippen LogP contribution in [0.2, 0.25) is 0 Å². The topological polar surface area (TPSA) is 70.8 Å². The smallest absolute Gasteiger partial charge is 0.277 e. The first-order valence-electron chi connectivity index (χ1n) is 11.1. The summed E-state index contributed by atoms with van der Waals surface area (Å²) in [5.41, 5.74) is 1.97. The van der Waals surface area contributed by atoms with Crippen molar-refractivity contribution in [3.05, 3.63) is 46.2 Å². The number of fused-ring (bicyclic) bond motifs is 1. The number of carbonyl (C=O) groups excluding carboxylic acids is 1. The molecule has 2 fully saturated rings. The van der Waals surface area contributed by atoms with E-state index in [2.05, 4.69) is 16.1 Å². The molecule has 0 unspecified atom stereocenters. The number of anilines is 1. The first-order chi connectivity index (χ1) is 15.1. The van der Waals surface area contributed by atoms with Crippen LogP contribution in [0.5, 0.6) is 0 Å². The lowest BCUT2D eigenvalue weighted by molar-refractivity contribution is -0.136. The predicted molar refractivity (Wildman–Crippen MR) is 123 cm³/mol. The molecule has 2 aliphatic rings. The largest absolute Gasteiger partial charge is 0.353 e. The Hall–Kier alpha value is -2.74. The van der Waals surface area contributed by atoms with Gasteiger partial charge in [-0.25, -0.2) is 4.98 Å². The lowest BCUT2D eigenvalue weighted by Gasteiger charge is -2.37. The Morgan fingerprint density at radius 3 is 2.58 bits per heavy atom. The van der Waals surface area contributed by atoms with Crippen LogP contribution in [0.25, 0.3) is 15.5 Å². The summed E-state index contributed by atoms with van der Waals surface area (Å²) in [5, 5.41) is 5.27. The zero-order valence-electron chi connectivity index (χ0n) is 17.8. The van der Waals surface area contributed by atoms with Crippen LogP contribution < -0.4 is 10.5 Å². The van der Waals surface area contributed by atoms with Crippen molar-refractivity contribution in [1.82, 2.24) is 19.5 Å². The normalized spacial score (nSPS) is 18.0.